The molecular weight excluding hydrogens is 1540 g/mol. The smallest absolute Gasteiger partial charge is 0.466 e. The Kier molecular flexibility index (Phi) is 23.5. The SMILES string of the molecule is CCOC(=O)CC(C)[Si]12O[Si]3(C)O[Si]4(C)O[Si](C)(O1)O[Si]1(C(C)CC(=O)OCC)O[Si](C)(O[Si](C)(O3)O[Si](C(C)CC(=O)OCC)(O4)O1)O2.CCOC(=O)CC[Si]12O[Si]3(C)O[Si]4(C)O[Si](C)(O1)O[Si]1(CCC(=O)OCC)O[Si](C)(O[Si](C)(O3)O[Si](CCC(=O)OCC)(O4)O1)O2. The maximum atomic E-state index is 13.0. The first-order chi connectivity index (χ1) is 44.0. The quantitative estimate of drug-likeness (QED) is 0.0716. The van der Waals surface area contributed by atoms with Crippen LogP contribution in [0, 0.1) is 0 Å². The monoisotopic (exact) mass is 1630 g/mol. The van der Waals surface area contributed by atoms with E-state index in [2.05, 4.69) is 0 Å². The molecule has 12 heterocycles. The lowest BCUT2D eigenvalue weighted by Gasteiger charge is -2.63. The first-order valence-corrected chi connectivity index (χ1v) is 65.2. The summed E-state index contributed by atoms with van der Waals surface area (Å²) >= 11 is 0. The van der Waals surface area contributed by atoms with Crippen molar-refractivity contribution in [1.29, 1.82) is 0 Å². The molecule has 12 saturated heterocycles. The molecule has 12 aliphatic heterocycles. The highest BCUT2D eigenvalue weighted by Gasteiger charge is 2.84. The standard InChI is InChI=1S/C23H48O18Si8.C20H42O18Si8/c1-12-27-21(24)15-18(4)47-34-42(7)30-43(8)32-45(10,37-47)39-49(20(6)17-23(26)29-14-3)40-46(11,38-47)33-44(9,31-42)36-48(35-43,41-49)19(5)16-22(25)28-13-2;1-9-24-18(21)12-15-44-31-39(4)27-40(5)29-42(7,34-44)36-46(17-14-20(23)26-11-3)37-43(8,35-44)30-41(6,28-39)33-45(32-40,38-46)16-13-19(22)25-10-2/h18-20H,12-17H2,1-11H3;9-17H2,1-8H3. The van der Waals surface area contributed by atoms with Crippen LogP contribution in [0.5, 0.6) is 0 Å². The Morgan fingerprint density at radius 1 is 0.242 bits per heavy atom. The van der Waals surface area contributed by atoms with Crippen molar-refractivity contribution in [3.05, 3.63) is 0 Å². The molecule has 12 aliphatic rings. The molecule has 36 nitrogen and oxygen atoms in total. The lowest BCUT2D eigenvalue weighted by Crippen LogP contribution is -2.88. The van der Waals surface area contributed by atoms with E-state index < -0.39 is 193 Å². The van der Waals surface area contributed by atoms with Crippen LogP contribution in [0.15, 0.2) is 0 Å². The van der Waals surface area contributed by atoms with Gasteiger partial charge >= 0.3 is 177 Å². The number of ether oxygens (including phenoxy) is 6. The average molecular weight is 1630 g/mol. The summed E-state index contributed by atoms with van der Waals surface area (Å²) < 4.78 is 196. The highest BCUT2D eigenvalue weighted by molar-refractivity contribution is 7.05. The van der Waals surface area contributed by atoms with Crippen molar-refractivity contribution in [1.82, 2.24) is 0 Å². The van der Waals surface area contributed by atoms with Crippen molar-refractivity contribution in [2.24, 2.45) is 0 Å². The van der Waals surface area contributed by atoms with Gasteiger partial charge in [0.05, 0.1) is 58.9 Å². The van der Waals surface area contributed by atoms with Crippen LogP contribution in [0.1, 0.15) is 101 Å². The Bertz CT molecular complexity index is 2820. The first-order valence-electron chi connectivity index (χ1n) is 31.7. The van der Waals surface area contributed by atoms with Crippen LogP contribution in [-0.4, -0.2) is 216 Å². The van der Waals surface area contributed by atoms with E-state index in [0.717, 1.165) is 0 Å². The normalized spacial score (nSPS) is 44.4. The second-order valence-corrected chi connectivity index (χ2v) is 73.6. The van der Waals surface area contributed by atoms with Gasteiger partial charge in [-0.3, -0.25) is 28.8 Å². The molecule has 0 aromatic heterocycles. The zero-order chi connectivity index (χ0) is 70.0. The van der Waals surface area contributed by atoms with E-state index in [-0.39, 0.29) is 96.3 Å². The fraction of sp³-hybridized carbons (Fsp3) is 0.860. The van der Waals surface area contributed by atoms with Gasteiger partial charge in [0.15, 0.2) is 0 Å². The van der Waals surface area contributed by atoms with Gasteiger partial charge in [-0.2, -0.15) is 0 Å². The molecule has 12 rings (SSSR count). The lowest BCUT2D eigenvalue weighted by molar-refractivity contribution is -0.144. The second-order valence-electron chi connectivity index (χ2n) is 24.6. The summed E-state index contributed by atoms with van der Waals surface area (Å²) in [5, 5.41) is 0. The van der Waals surface area contributed by atoms with E-state index in [1.807, 2.05) is 0 Å². The Morgan fingerprint density at radius 2 is 0.411 bits per heavy atom. The molecule has 11 atom stereocenters. The molecular formula is C43H90O36Si16. The van der Waals surface area contributed by atoms with Gasteiger partial charge in [0.1, 0.15) is 0 Å². The van der Waals surface area contributed by atoms with Gasteiger partial charge < -0.3 is 127 Å². The molecule has 95 heavy (non-hydrogen) atoms. The zero-order valence-electron chi connectivity index (χ0n) is 57.0. The van der Waals surface area contributed by atoms with Crippen LogP contribution in [0.25, 0.3) is 0 Å². The molecule has 0 radical (unpaired) electrons. The fourth-order valence-electron chi connectivity index (χ4n) is 12.5. The van der Waals surface area contributed by atoms with Crippen molar-refractivity contribution < 1.29 is 156 Å². The maximum Gasteiger partial charge on any atom is 0.482 e. The van der Waals surface area contributed by atoms with Crippen LogP contribution in [-0.2, 0) is 156 Å². The number of hydrogen-bond acceptors (Lipinski definition) is 36. The summed E-state index contributed by atoms with van der Waals surface area (Å²) in [7, 11) is -65.5. The maximum absolute atomic E-state index is 13.0. The Labute approximate surface area is 569 Å². The third-order valence-electron chi connectivity index (χ3n) is 15.2. The van der Waals surface area contributed by atoms with Crippen molar-refractivity contribution in [3.8, 4) is 0 Å². The first kappa shape index (κ1) is 78.5. The molecule has 0 aromatic carbocycles. The highest BCUT2D eigenvalue weighted by atomic mass is 28.6. The minimum absolute atomic E-state index is 0.0551. The van der Waals surface area contributed by atoms with E-state index in [1.165, 1.54) is 0 Å². The number of hydrogen-bond donors (Lipinski definition) is 0. The molecule has 16 bridgehead atoms. The van der Waals surface area contributed by atoms with Crippen molar-refractivity contribution >= 4 is 177 Å². The lowest BCUT2D eigenvalue weighted by atomic mass is 10.3. The van der Waals surface area contributed by atoms with E-state index in [0.29, 0.717) is 0 Å². The van der Waals surface area contributed by atoms with Crippen molar-refractivity contribution in [2.45, 2.75) is 201 Å². The third-order valence-corrected chi connectivity index (χ3v) is 88.0. The minimum atomic E-state index is -4.39. The molecule has 0 N–H and O–H groups in total. The van der Waals surface area contributed by atoms with Gasteiger partial charge in [0, 0.05) is 119 Å². The van der Waals surface area contributed by atoms with Gasteiger partial charge in [0.25, 0.3) is 0 Å². The summed E-state index contributed by atoms with van der Waals surface area (Å²) in [5.74, 6) is -3.06. The summed E-state index contributed by atoms with van der Waals surface area (Å²) in [6.45, 7) is 32.6. The third kappa shape index (κ3) is 17.8. The van der Waals surface area contributed by atoms with Gasteiger partial charge in [-0.15, -0.1) is 0 Å². The zero-order valence-corrected chi connectivity index (χ0v) is 73.0. The van der Waals surface area contributed by atoms with Crippen LogP contribution in [0.2, 0.25) is 100 Å². The van der Waals surface area contributed by atoms with E-state index in [1.54, 1.807) is 128 Å². The Balaban J connectivity index is 0.000000224. The van der Waals surface area contributed by atoms with Crippen LogP contribution >= 0.6 is 0 Å². The van der Waals surface area contributed by atoms with E-state index in [4.69, 9.17) is 127 Å². The molecule has 0 spiro atoms. The average Bonchev–Trinajstić information content (AvgIpc) is 0.695. The predicted octanol–water partition coefficient (Wildman–Crippen LogP) is 4.72. The molecule has 0 saturated carbocycles. The number of rotatable bonds is 24. The van der Waals surface area contributed by atoms with Crippen LogP contribution in [0.3, 0.4) is 0 Å². The van der Waals surface area contributed by atoms with Crippen LogP contribution < -0.4 is 0 Å². The van der Waals surface area contributed by atoms with Crippen molar-refractivity contribution in [3.63, 3.8) is 0 Å². The molecule has 542 valence electrons. The molecule has 11 unspecified atom stereocenters. The van der Waals surface area contributed by atoms with Gasteiger partial charge in [-0.05, 0) is 41.5 Å². The topological polar surface area (TPSA) is 379 Å². The van der Waals surface area contributed by atoms with Crippen LogP contribution in [0.4, 0.5) is 0 Å². The minimum Gasteiger partial charge on any atom is -0.466 e. The summed E-state index contributed by atoms with van der Waals surface area (Å²) in [5.41, 5.74) is -2.33. The summed E-state index contributed by atoms with van der Waals surface area (Å²) in [6.07, 6.45) is -0.943. The molecule has 0 amide bonds. The predicted molar refractivity (Wildman–Crippen MR) is 347 cm³/mol. The number of carbonyl (C=O) groups excluding carboxylic acids is 6. The molecule has 0 aliphatic carbocycles. The number of esters is 6. The van der Waals surface area contributed by atoms with Gasteiger partial charge in [-0.1, -0.05) is 20.8 Å². The van der Waals surface area contributed by atoms with Gasteiger partial charge in [-0.25, -0.2) is 0 Å². The van der Waals surface area contributed by atoms with E-state index in [9.17, 15) is 28.8 Å². The molecule has 52 heteroatoms. The number of carbonyl (C=O) groups is 6. The van der Waals surface area contributed by atoms with E-state index >= 15 is 0 Å². The van der Waals surface area contributed by atoms with Crippen molar-refractivity contribution in [2.75, 3.05) is 39.6 Å². The highest BCUT2D eigenvalue weighted by Crippen LogP contribution is 2.56. The fourth-order valence-corrected chi connectivity index (χ4v) is 108. The Morgan fingerprint density at radius 3 is 0.632 bits per heavy atom. The van der Waals surface area contributed by atoms with Gasteiger partial charge in [0.2, 0.25) is 0 Å². The summed E-state index contributed by atoms with van der Waals surface area (Å²) in [6, 6.07) is -0.256. The second kappa shape index (κ2) is 28.4. The Hall–Kier alpha value is -0.670. The largest absolute Gasteiger partial charge is 0.482 e. The molecule has 12 fully saturated rings. The summed E-state index contributed by atoms with van der Waals surface area (Å²) in [4.78, 5) is 76.6. The molecule has 0 aromatic rings.